The number of carbonyl (C=O) groups excluding carboxylic acids is 8. The fourth-order valence-electron chi connectivity index (χ4n) is 8.25. The highest BCUT2D eigenvalue weighted by molar-refractivity contribution is 5.89. The molecule has 334 valence electrons. The van der Waals surface area contributed by atoms with Crippen molar-refractivity contribution in [1.29, 1.82) is 0 Å². The molecule has 0 bridgehead atoms. The summed E-state index contributed by atoms with van der Waals surface area (Å²) in [5.41, 5.74) is 0. The summed E-state index contributed by atoms with van der Waals surface area (Å²) in [4.78, 5) is 105. The lowest BCUT2D eigenvalue weighted by Gasteiger charge is -2.23. The van der Waals surface area contributed by atoms with Crippen molar-refractivity contribution in [1.82, 2.24) is 41.3 Å². The Morgan fingerprint density at radius 1 is 0.407 bits per heavy atom. The summed E-state index contributed by atoms with van der Waals surface area (Å²) in [7, 11) is 3.60. The van der Waals surface area contributed by atoms with E-state index in [4.69, 9.17) is 0 Å². The molecule has 3 saturated carbocycles. The van der Waals surface area contributed by atoms with Crippen LogP contribution in [0.25, 0.3) is 0 Å². The molecule has 0 aromatic rings. The monoisotopic (exact) mass is 831 g/mol. The van der Waals surface area contributed by atoms with Gasteiger partial charge in [-0.25, -0.2) is 0 Å². The Labute approximate surface area is 351 Å². The maximum absolute atomic E-state index is 12.9. The van der Waals surface area contributed by atoms with Crippen molar-refractivity contribution in [2.75, 3.05) is 92.6 Å². The van der Waals surface area contributed by atoms with Crippen LogP contribution in [0, 0.1) is 17.8 Å². The van der Waals surface area contributed by atoms with Crippen molar-refractivity contribution < 1.29 is 38.4 Å². The lowest BCUT2D eigenvalue weighted by molar-refractivity contribution is -0.127. The Morgan fingerprint density at radius 3 is 1.17 bits per heavy atom. The number of Topliss-reactive ketones (excluding diaryl/α,β-unsaturated/α-hetero) is 3. The maximum atomic E-state index is 12.9. The van der Waals surface area contributed by atoms with Crippen LogP contribution < -0.4 is 26.6 Å². The molecular weight excluding hydrogens is 757 g/mol. The van der Waals surface area contributed by atoms with Crippen LogP contribution in [-0.2, 0) is 38.4 Å². The summed E-state index contributed by atoms with van der Waals surface area (Å²) in [5, 5.41) is 14.3. The predicted molar refractivity (Wildman–Crippen MR) is 225 cm³/mol. The molecule has 5 amide bonds. The lowest BCUT2D eigenvalue weighted by atomic mass is 9.99. The molecule has 59 heavy (non-hydrogen) atoms. The molecule has 0 radical (unpaired) electrons. The van der Waals surface area contributed by atoms with Crippen LogP contribution in [0.5, 0.6) is 0 Å². The zero-order valence-corrected chi connectivity index (χ0v) is 36.1. The standard InChI is InChI=1S/C43H74N8O8/c1-49(27-23-46-39(55)19-17-36(52)33-11-3-4-12-33)30-41(57)44-21-9-25-51(32-43(59)48-29-38(54)35-15-7-8-16-35)26-10-22-45-42(58)31-50(2)28-24-47-40(56)20-18-37(53)34-13-5-6-14-34/h33-35H,3-32H2,1-2H3,(H,44,57)(H,45,58)(H,46,55)(H,47,56)(H,48,59). The molecule has 16 heteroatoms. The number of likely N-dealkylation sites (N-methyl/N-ethyl adjacent to an activating group) is 2. The third kappa shape index (κ3) is 21.9. The van der Waals surface area contributed by atoms with E-state index < -0.39 is 0 Å². The zero-order valence-electron chi connectivity index (χ0n) is 36.1. The molecule has 0 aromatic carbocycles. The van der Waals surface area contributed by atoms with E-state index in [0.717, 1.165) is 77.0 Å². The van der Waals surface area contributed by atoms with Crippen molar-refractivity contribution >= 4 is 46.9 Å². The van der Waals surface area contributed by atoms with Gasteiger partial charge in [0, 0.05) is 95.8 Å². The minimum Gasteiger partial charge on any atom is -0.355 e. The van der Waals surface area contributed by atoms with E-state index in [1.165, 1.54) is 0 Å². The van der Waals surface area contributed by atoms with E-state index >= 15 is 0 Å². The first-order valence-corrected chi connectivity index (χ1v) is 22.4. The summed E-state index contributed by atoms with van der Waals surface area (Å²) < 4.78 is 0. The topological polar surface area (TPSA) is 206 Å². The Bertz CT molecular complexity index is 1280. The van der Waals surface area contributed by atoms with E-state index in [1.54, 1.807) is 14.1 Å². The molecule has 0 atom stereocenters. The molecule has 3 aliphatic rings. The van der Waals surface area contributed by atoms with E-state index in [1.807, 2.05) is 14.7 Å². The van der Waals surface area contributed by atoms with Gasteiger partial charge in [-0.3, -0.25) is 53.1 Å². The van der Waals surface area contributed by atoms with Gasteiger partial charge in [-0.05, 0) is 65.5 Å². The zero-order chi connectivity index (χ0) is 42.8. The lowest BCUT2D eigenvalue weighted by Crippen LogP contribution is -2.43. The van der Waals surface area contributed by atoms with Crippen molar-refractivity contribution in [3.8, 4) is 0 Å². The SMILES string of the molecule is CN(CCNC(=O)CCC(=O)C1CCCC1)CC(=O)NCCCN(CCCNC(=O)CN(C)CCNC(=O)CCC(=O)C1CCCC1)CC(=O)NCC(=O)C1CCCC1. The molecule has 5 N–H and O–H groups in total. The van der Waals surface area contributed by atoms with Gasteiger partial charge < -0.3 is 26.6 Å². The molecular formula is C43H74N8O8. The molecule has 0 saturated heterocycles. The van der Waals surface area contributed by atoms with Gasteiger partial charge >= 0.3 is 0 Å². The summed E-state index contributed by atoms with van der Waals surface area (Å²) in [5.74, 6) is -0.155. The highest BCUT2D eigenvalue weighted by atomic mass is 16.2. The summed E-state index contributed by atoms with van der Waals surface area (Å²) in [6.07, 6.45) is 14.1. The third-order valence-corrected chi connectivity index (χ3v) is 11.9. The van der Waals surface area contributed by atoms with Crippen LogP contribution in [0.3, 0.4) is 0 Å². The average molecular weight is 831 g/mol. The predicted octanol–water partition coefficient (Wildman–Crippen LogP) is 1.35. The van der Waals surface area contributed by atoms with Gasteiger partial charge in [-0.15, -0.1) is 0 Å². The van der Waals surface area contributed by atoms with Gasteiger partial charge in [-0.2, -0.15) is 0 Å². The highest BCUT2D eigenvalue weighted by Gasteiger charge is 2.25. The minimum atomic E-state index is -0.243. The fraction of sp³-hybridized carbons (Fsp3) is 0.814. The van der Waals surface area contributed by atoms with Gasteiger partial charge in [0.2, 0.25) is 29.5 Å². The maximum Gasteiger partial charge on any atom is 0.234 e. The van der Waals surface area contributed by atoms with E-state index in [-0.39, 0.29) is 117 Å². The second kappa shape index (κ2) is 28.7. The van der Waals surface area contributed by atoms with E-state index in [2.05, 4.69) is 26.6 Å². The molecule has 0 aliphatic heterocycles. The molecule has 0 heterocycles. The van der Waals surface area contributed by atoms with Crippen molar-refractivity contribution in [2.24, 2.45) is 17.8 Å². The summed E-state index contributed by atoms with van der Waals surface area (Å²) >= 11 is 0. The first-order chi connectivity index (χ1) is 28.4. The van der Waals surface area contributed by atoms with Crippen molar-refractivity contribution in [3.63, 3.8) is 0 Å². The Morgan fingerprint density at radius 2 is 0.763 bits per heavy atom. The van der Waals surface area contributed by atoms with Crippen molar-refractivity contribution in [3.05, 3.63) is 0 Å². The van der Waals surface area contributed by atoms with Gasteiger partial charge in [0.1, 0.15) is 11.6 Å². The number of nitrogens with zero attached hydrogens (tertiary/aromatic N) is 3. The Kier molecular flexibility index (Phi) is 24.1. The number of ketones is 3. The molecule has 3 fully saturated rings. The van der Waals surface area contributed by atoms with Crippen LogP contribution in [0.2, 0.25) is 0 Å². The van der Waals surface area contributed by atoms with E-state index in [0.29, 0.717) is 65.2 Å². The largest absolute Gasteiger partial charge is 0.355 e. The normalized spacial score (nSPS) is 16.2. The van der Waals surface area contributed by atoms with Gasteiger partial charge in [-0.1, -0.05) is 38.5 Å². The Balaban J connectivity index is 1.29. The second-order valence-electron chi connectivity index (χ2n) is 17.0. The Hall–Kier alpha value is -3.76. The van der Waals surface area contributed by atoms with Crippen LogP contribution in [0.1, 0.15) is 116 Å². The molecule has 16 nitrogen and oxygen atoms in total. The number of hydrogen-bond donors (Lipinski definition) is 5. The quantitative estimate of drug-likeness (QED) is 0.0631. The van der Waals surface area contributed by atoms with E-state index in [9.17, 15) is 38.4 Å². The first-order valence-electron chi connectivity index (χ1n) is 22.4. The molecule has 3 rings (SSSR count). The average Bonchev–Trinajstić information content (AvgIpc) is 4.03. The first kappa shape index (κ1) is 49.6. The summed E-state index contributed by atoms with van der Waals surface area (Å²) in [6, 6.07) is 0. The second-order valence-corrected chi connectivity index (χ2v) is 17.0. The number of amides is 5. The number of rotatable bonds is 31. The highest BCUT2D eigenvalue weighted by Crippen LogP contribution is 2.28. The number of nitrogens with one attached hydrogen (secondary N) is 5. The van der Waals surface area contributed by atoms with Crippen LogP contribution in [0.15, 0.2) is 0 Å². The third-order valence-electron chi connectivity index (χ3n) is 11.9. The number of hydrogen-bond acceptors (Lipinski definition) is 11. The van der Waals surface area contributed by atoms with Crippen LogP contribution >= 0.6 is 0 Å². The van der Waals surface area contributed by atoms with Gasteiger partial charge in [0.25, 0.3) is 0 Å². The molecule has 0 spiro atoms. The fourth-order valence-corrected chi connectivity index (χ4v) is 8.25. The van der Waals surface area contributed by atoms with Crippen LogP contribution in [-0.4, -0.2) is 154 Å². The molecule has 0 unspecified atom stereocenters. The van der Waals surface area contributed by atoms with Gasteiger partial charge in [0.15, 0.2) is 5.78 Å². The molecule has 3 aliphatic carbocycles. The molecule has 0 aromatic heterocycles. The van der Waals surface area contributed by atoms with Crippen LogP contribution in [0.4, 0.5) is 0 Å². The number of carbonyl (C=O) groups is 8. The van der Waals surface area contributed by atoms with Gasteiger partial charge in [0.05, 0.1) is 26.2 Å². The van der Waals surface area contributed by atoms with Crippen molar-refractivity contribution in [2.45, 2.75) is 116 Å². The smallest absolute Gasteiger partial charge is 0.234 e. The summed E-state index contributed by atoms with van der Waals surface area (Å²) in [6.45, 7) is 4.00. The minimum absolute atomic E-state index is 0.0258.